The maximum absolute atomic E-state index is 5.04. The lowest BCUT2D eigenvalue weighted by Gasteiger charge is -2.08. The van der Waals surface area contributed by atoms with E-state index in [1.54, 1.807) is 0 Å². The Morgan fingerprint density at radius 3 is 1.69 bits per heavy atom. The predicted octanol–water partition coefficient (Wildman–Crippen LogP) is 4.79. The number of unbranched alkanes of at least 4 members (excludes halogenated alkanes) is 9. The van der Waals surface area contributed by atoms with Gasteiger partial charge in [0.15, 0.2) is 0 Å². The fourth-order valence-electron chi connectivity index (χ4n) is 1.98. The zero-order chi connectivity index (χ0) is 12.1. The Balaban J connectivity index is 2.93. The van der Waals surface area contributed by atoms with Gasteiger partial charge in [0.25, 0.3) is 0 Å². The van der Waals surface area contributed by atoms with Crippen molar-refractivity contribution in [1.29, 1.82) is 0 Å². The van der Waals surface area contributed by atoms with Gasteiger partial charge in [0.05, 0.1) is 0 Å². The van der Waals surface area contributed by atoms with Crippen molar-refractivity contribution in [3.05, 3.63) is 0 Å². The molecule has 0 aliphatic heterocycles. The molecule has 0 aliphatic carbocycles. The quantitative estimate of drug-likeness (QED) is 0.353. The minimum absolute atomic E-state index is 0.366. The van der Waals surface area contributed by atoms with E-state index in [1.807, 2.05) is 0 Å². The van der Waals surface area contributed by atoms with Crippen LogP contribution in [0.25, 0.3) is 0 Å². The molecule has 0 fully saturated rings. The molecule has 0 rings (SSSR count). The summed E-state index contributed by atoms with van der Waals surface area (Å²) in [6, 6.07) is 0. The summed E-state index contributed by atoms with van der Waals surface area (Å²) in [5.74, 6) is 0. The number of hydrogen-bond donors (Lipinski definition) is 0. The molecule has 0 bridgehead atoms. The van der Waals surface area contributed by atoms with Crippen LogP contribution in [0.1, 0.15) is 84.5 Å². The van der Waals surface area contributed by atoms with E-state index >= 15 is 0 Å². The van der Waals surface area contributed by atoms with Gasteiger partial charge < -0.3 is 4.43 Å². The Hall–Kier alpha value is 0.177. The zero-order valence-electron chi connectivity index (χ0n) is 11.3. The Morgan fingerprint density at radius 2 is 1.25 bits per heavy atom. The van der Waals surface area contributed by atoms with Crippen molar-refractivity contribution in [1.82, 2.24) is 0 Å². The van der Waals surface area contributed by atoms with Crippen molar-refractivity contribution in [2.45, 2.75) is 90.6 Å². The Morgan fingerprint density at radius 1 is 0.812 bits per heavy atom. The molecule has 0 saturated heterocycles. The van der Waals surface area contributed by atoms with Crippen molar-refractivity contribution in [3.8, 4) is 0 Å². The molecule has 0 aromatic carbocycles. The van der Waals surface area contributed by atoms with Gasteiger partial charge in [-0.25, -0.2) is 0 Å². The van der Waals surface area contributed by atoms with Crippen LogP contribution in [0.2, 0.25) is 0 Å². The first-order valence-electron chi connectivity index (χ1n) is 7.13. The zero-order valence-corrected chi connectivity index (χ0v) is 12.3. The molecule has 0 aliphatic rings. The molecule has 1 unspecified atom stereocenters. The van der Waals surface area contributed by atoms with E-state index in [9.17, 15) is 0 Å². The second kappa shape index (κ2) is 13.2. The van der Waals surface area contributed by atoms with Gasteiger partial charge in [-0.15, -0.1) is 0 Å². The highest BCUT2D eigenvalue weighted by molar-refractivity contribution is 5.98. The van der Waals surface area contributed by atoms with Crippen LogP contribution in [0, 0.1) is 0 Å². The number of rotatable bonds is 12. The smallest absolute Gasteiger partial charge is 0.246 e. The molecule has 95 valence electrons. The second-order valence-corrected chi connectivity index (χ2v) is 5.13. The summed E-state index contributed by atoms with van der Waals surface area (Å²) >= 11 is 0. The Bertz CT molecular complexity index is 128. The van der Waals surface area contributed by atoms with Crippen LogP contribution in [0.3, 0.4) is 0 Å². The van der Waals surface area contributed by atoms with Crippen molar-refractivity contribution in [2.75, 3.05) is 0 Å². The minimum Gasteiger partial charge on any atom is -0.416 e. The Kier molecular flexibility index (Phi) is 13.4. The fraction of sp³-hybridized carbons (Fsp3) is 1.00. The molecule has 1 nitrogen and oxygen atoms in total. The summed E-state index contributed by atoms with van der Waals surface area (Å²) in [4.78, 5) is 0. The molecule has 0 aromatic rings. The van der Waals surface area contributed by atoms with Gasteiger partial charge in [-0.3, -0.25) is 0 Å². The summed E-state index contributed by atoms with van der Waals surface area (Å²) in [6.07, 6.45) is 15.6. The largest absolute Gasteiger partial charge is 0.416 e. The van der Waals surface area contributed by atoms with E-state index in [4.69, 9.17) is 4.43 Å². The van der Waals surface area contributed by atoms with Crippen LogP contribution >= 0.6 is 0 Å². The van der Waals surface area contributed by atoms with Gasteiger partial charge in [0.2, 0.25) is 10.5 Å². The maximum atomic E-state index is 5.04. The first-order valence-corrected chi connectivity index (χ1v) is 7.54. The lowest BCUT2D eigenvalue weighted by molar-refractivity contribution is 0.226. The third-order valence-corrected chi connectivity index (χ3v) is 3.57. The SMILES string of the molecule is CCCCCCCCCCCCC(C)O[Si]. The summed E-state index contributed by atoms with van der Waals surface area (Å²) in [5.41, 5.74) is 0. The standard InChI is InChI=1S/C14H29OSi/c1-3-4-5-6-7-8-9-10-11-12-13-14(2)15-16/h14H,3-13H2,1-2H3. The normalized spacial score (nSPS) is 12.9. The molecular weight excluding hydrogens is 212 g/mol. The highest BCUT2D eigenvalue weighted by atomic mass is 28.2. The lowest BCUT2D eigenvalue weighted by atomic mass is 10.1. The van der Waals surface area contributed by atoms with Gasteiger partial charge in [-0.2, -0.15) is 0 Å². The minimum atomic E-state index is 0.366. The topological polar surface area (TPSA) is 9.23 Å². The molecule has 0 spiro atoms. The predicted molar refractivity (Wildman–Crippen MR) is 72.8 cm³/mol. The molecule has 16 heavy (non-hydrogen) atoms. The first kappa shape index (κ1) is 16.2. The van der Waals surface area contributed by atoms with Gasteiger partial charge in [0, 0.05) is 6.10 Å². The lowest BCUT2D eigenvalue weighted by Crippen LogP contribution is -2.04. The Labute approximate surface area is 106 Å². The molecule has 3 radical (unpaired) electrons. The molecule has 0 aromatic heterocycles. The first-order chi connectivity index (χ1) is 7.81. The van der Waals surface area contributed by atoms with Crippen molar-refractivity contribution < 1.29 is 4.43 Å². The van der Waals surface area contributed by atoms with Crippen LogP contribution in [0.4, 0.5) is 0 Å². The average molecular weight is 241 g/mol. The molecule has 0 saturated carbocycles. The monoisotopic (exact) mass is 241 g/mol. The molecule has 0 amide bonds. The number of hydrogen-bond acceptors (Lipinski definition) is 1. The van der Waals surface area contributed by atoms with Crippen molar-refractivity contribution in [2.24, 2.45) is 0 Å². The average Bonchev–Trinajstić information content (AvgIpc) is 2.31. The third-order valence-electron chi connectivity index (χ3n) is 3.17. The van der Waals surface area contributed by atoms with Crippen LogP contribution in [-0.4, -0.2) is 16.6 Å². The fourth-order valence-corrected chi connectivity index (χ4v) is 2.10. The van der Waals surface area contributed by atoms with E-state index < -0.39 is 0 Å². The van der Waals surface area contributed by atoms with Crippen LogP contribution in [0.5, 0.6) is 0 Å². The van der Waals surface area contributed by atoms with Crippen LogP contribution in [-0.2, 0) is 4.43 Å². The summed E-state index contributed by atoms with van der Waals surface area (Å²) in [7, 11) is 3.08. The molecule has 1 atom stereocenters. The molecular formula is C14H29OSi. The van der Waals surface area contributed by atoms with E-state index in [0.29, 0.717) is 6.10 Å². The van der Waals surface area contributed by atoms with Crippen molar-refractivity contribution >= 4 is 10.5 Å². The van der Waals surface area contributed by atoms with Crippen LogP contribution < -0.4 is 0 Å². The van der Waals surface area contributed by atoms with Gasteiger partial charge in [-0.1, -0.05) is 71.1 Å². The van der Waals surface area contributed by atoms with Crippen LogP contribution in [0.15, 0.2) is 0 Å². The highest BCUT2D eigenvalue weighted by Gasteiger charge is 1.98. The summed E-state index contributed by atoms with van der Waals surface area (Å²) < 4.78 is 5.04. The van der Waals surface area contributed by atoms with E-state index in [-0.39, 0.29) is 0 Å². The molecule has 2 heteroatoms. The second-order valence-electron chi connectivity index (χ2n) is 4.90. The van der Waals surface area contributed by atoms with E-state index in [1.165, 1.54) is 70.6 Å². The maximum Gasteiger partial charge on any atom is 0.246 e. The molecule has 0 heterocycles. The van der Waals surface area contributed by atoms with Gasteiger partial charge >= 0.3 is 0 Å². The summed E-state index contributed by atoms with van der Waals surface area (Å²) in [6.45, 7) is 4.39. The van der Waals surface area contributed by atoms with Gasteiger partial charge in [-0.05, 0) is 13.3 Å². The highest BCUT2D eigenvalue weighted by Crippen LogP contribution is 2.12. The van der Waals surface area contributed by atoms with Crippen molar-refractivity contribution in [3.63, 3.8) is 0 Å². The van der Waals surface area contributed by atoms with E-state index in [2.05, 4.69) is 24.3 Å². The molecule has 0 N–H and O–H groups in total. The summed E-state index contributed by atoms with van der Waals surface area (Å²) in [5, 5.41) is 0. The van der Waals surface area contributed by atoms with Gasteiger partial charge in [0.1, 0.15) is 0 Å². The van der Waals surface area contributed by atoms with E-state index in [0.717, 1.165) is 0 Å². The third kappa shape index (κ3) is 12.2.